The van der Waals surface area contributed by atoms with Crippen molar-refractivity contribution in [2.45, 2.75) is 32.9 Å². The number of nitrogens with zero attached hydrogens (tertiary/aromatic N) is 2. The van der Waals surface area contributed by atoms with Crippen molar-refractivity contribution in [2.75, 3.05) is 0 Å². The lowest BCUT2D eigenvalue weighted by Gasteiger charge is -2.18. The maximum Gasteiger partial charge on any atom is 0.264 e. The zero-order valence-corrected chi connectivity index (χ0v) is 16.7. The normalized spacial score (nSPS) is 13.2. The molecule has 0 aromatic carbocycles. The van der Waals surface area contributed by atoms with E-state index in [0.717, 1.165) is 14.4 Å². The standard InChI is InChI=1S/C16H17BrN4OS2/c1-9(2)20-15(22)11(8-18)13(14-12(17)4-6-23-14)21-10(3)16-19-5-7-24-16/h4-7,9-10,21H,1-3H3,(H,20,22). The summed E-state index contributed by atoms with van der Waals surface area (Å²) in [6, 6.07) is 3.77. The Morgan fingerprint density at radius 3 is 2.54 bits per heavy atom. The summed E-state index contributed by atoms with van der Waals surface area (Å²) in [6.45, 7) is 5.67. The van der Waals surface area contributed by atoms with Gasteiger partial charge in [0.05, 0.1) is 16.6 Å². The molecule has 0 saturated heterocycles. The van der Waals surface area contributed by atoms with Gasteiger partial charge in [-0.3, -0.25) is 4.79 Å². The van der Waals surface area contributed by atoms with Crippen molar-refractivity contribution >= 4 is 50.2 Å². The van der Waals surface area contributed by atoms with Crippen LogP contribution in [0.5, 0.6) is 0 Å². The summed E-state index contributed by atoms with van der Waals surface area (Å²) in [5.74, 6) is -0.387. The second-order valence-electron chi connectivity index (χ2n) is 5.32. The number of hydrogen-bond donors (Lipinski definition) is 2. The van der Waals surface area contributed by atoms with Crippen molar-refractivity contribution in [3.63, 3.8) is 0 Å². The van der Waals surface area contributed by atoms with Crippen LogP contribution in [0.4, 0.5) is 0 Å². The van der Waals surface area contributed by atoms with Gasteiger partial charge in [-0.1, -0.05) is 0 Å². The summed E-state index contributed by atoms with van der Waals surface area (Å²) in [5.41, 5.74) is 0.579. The zero-order valence-electron chi connectivity index (χ0n) is 13.5. The van der Waals surface area contributed by atoms with Gasteiger partial charge in [0.2, 0.25) is 0 Å². The predicted octanol–water partition coefficient (Wildman–Crippen LogP) is 4.08. The Morgan fingerprint density at radius 2 is 2.04 bits per heavy atom. The van der Waals surface area contributed by atoms with E-state index in [9.17, 15) is 10.1 Å². The average Bonchev–Trinajstić information content (AvgIpc) is 3.17. The van der Waals surface area contributed by atoms with Crippen molar-refractivity contribution in [3.8, 4) is 6.07 Å². The minimum atomic E-state index is -0.387. The molecule has 0 radical (unpaired) electrons. The quantitative estimate of drug-likeness (QED) is 0.540. The van der Waals surface area contributed by atoms with Gasteiger partial charge in [0.1, 0.15) is 16.6 Å². The highest BCUT2D eigenvalue weighted by molar-refractivity contribution is 9.10. The molecule has 0 saturated carbocycles. The molecular formula is C16H17BrN4OS2. The van der Waals surface area contributed by atoms with Gasteiger partial charge in [0.15, 0.2) is 0 Å². The number of carbonyl (C=O) groups is 1. The van der Waals surface area contributed by atoms with Crippen LogP contribution in [0.25, 0.3) is 5.70 Å². The summed E-state index contributed by atoms with van der Waals surface area (Å²) in [6.07, 6.45) is 1.74. The van der Waals surface area contributed by atoms with Crippen LogP contribution in [0, 0.1) is 11.3 Å². The molecule has 2 aromatic heterocycles. The van der Waals surface area contributed by atoms with Gasteiger partial charge in [-0.05, 0) is 48.1 Å². The Hall–Kier alpha value is -1.69. The first-order valence-corrected chi connectivity index (χ1v) is 9.83. The number of nitrogens with one attached hydrogen (secondary N) is 2. The van der Waals surface area contributed by atoms with E-state index < -0.39 is 0 Å². The number of nitriles is 1. The number of amides is 1. The first kappa shape index (κ1) is 18.6. The van der Waals surface area contributed by atoms with Gasteiger partial charge in [-0.2, -0.15) is 5.26 Å². The molecular weight excluding hydrogens is 408 g/mol. The predicted molar refractivity (Wildman–Crippen MR) is 101 cm³/mol. The smallest absolute Gasteiger partial charge is 0.264 e. The molecule has 2 N–H and O–H groups in total. The molecule has 0 bridgehead atoms. The number of rotatable bonds is 6. The van der Waals surface area contributed by atoms with Crippen molar-refractivity contribution in [2.24, 2.45) is 0 Å². The summed E-state index contributed by atoms with van der Waals surface area (Å²) in [4.78, 5) is 17.6. The fourth-order valence-electron chi connectivity index (χ4n) is 2.00. The summed E-state index contributed by atoms with van der Waals surface area (Å²) in [5, 5.41) is 20.3. The molecule has 2 rings (SSSR count). The molecule has 1 amide bonds. The molecule has 0 aliphatic heterocycles. The number of aromatic nitrogens is 1. The second-order valence-corrected chi connectivity index (χ2v) is 8.02. The molecule has 1 unspecified atom stereocenters. The molecule has 0 aliphatic carbocycles. The van der Waals surface area contributed by atoms with Crippen molar-refractivity contribution in [1.29, 1.82) is 5.26 Å². The van der Waals surface area contributed by atoms with E-state index in [1.54, 1.807) is 6.20 Å². The fourth-order valence-corrected chi connectivity index (χ4v) is 4.24. The summed E-state index contributed by atoms with van der Waals surface area (Å²) < 4.78 is 0.839. The first-order chi connectivity index (χ1) is 11.4. The highest BCUT2D eigenvalue weighted by Gasteiger charge is 2.22. The Balaban J connectivity index is 2.46. The third kappa shape index (κ3) is 4.44. The Labute approximate surface area is 157 Å². The van der Waals surface area contributed by atoms with Crippen LogP contribution >= 0.6 is 38.6 Å². The molecule has 1 atom stereocenters. The Bertz CT molecular complexity index is 774. The summed E-state index contributed by atoms with van der Waals surface area (Å²) in [7, 11) is 0. The third-order valence-electron chi connectivity index (χ3n) is 3.04. The first-order valence-electron chi connectivity index (χ1n) is 7.28. The third-order valence-corrected chi connectivity index (χ3v) is 5.85. The number of halogens is 1. The lowest BCUT2D eigenvalue weighted by molar-refractivity contribution is -0.117. The molecule has 8 heteroatoms. The van der Waals surface area contributed by atoms with Crippen LogP contribution in [0.2, 0.25) is 0 Å². The Morgan fingerprint density at radius 1 is 1.29 bits per heavy atom. The topological polar surface area (TPSA) is 77.8 Å². The van der Waals surface area contributed by atoms with E-state index in [4.69, 9.17) is 0 Å². The van der Waals surface area contributed by atoms with Crippen LogP contribution in [0.15, 0.2) is 33.1 Å². The van der Waals surface area contributed by atoms with Crippen molar-refractivity contribution < 1.29 is 4.79 Å². The van der Waals surface area contributed by atoms with E-state index in [0.29, 0.717) is 5.70 Å². The fraction of sp³-hybridized carbons (Fsp3) is 0.312. The van der Waals surface area contributed by atoms with Crippen LogP contribution in [0.1, 0.15) is 36.7 Å². The van der Waals surface area contributed by atoms with Crippen LogP contribution in [0.3, 0.4) is 0 Å². The van der Waals surface area contributed by atoms with Crippen molar-refractivity contribution in [3.05, 3.63) is 43.0 Å². The highest BCUT2D eigenvalue weighted by atomic mass is 79.9. The highest BCUT2D eigenvalue weighted by Crippen LogP contribution is 2.32. The minimum Gasteiger partial charge on any atom is -0.374 e. The van der Waals surface area contributed by atoms with Crippen LogP contribution in [-0.2, 0) is 4.79 Å². The number of hydrogen-bond acceptors (Lipinski definition) is 6. The molecule has 2 heterocycles. The number of thiophene rings is 1. The van der Waals surface area contributed by atoms with Gasteiger partial charge in [-0.15, -0.1) is 22.7 Å². The monoisotopic (exact) mass is 424 g/mol. The molecule has 0 spiro atoms. The molecule has 126 valence electrons. The molecule has 2 aromatic rings. The lowest BCUT2D eigenvalue weighted by atomic mass is 10.1. The van der Waals surface area contributed by atoms with Gasteiger partial charge in [0.25, 0.3) is 5.91 Å². The Kier molecular flexibility index (Phi) is 6.54. The lowest BCUT2D eigenvalue weighted by Crippen LogP contribution is -2.33. The van der Waals surface area contributed by atoms with E-state index in [1.807, 2.05) is 43.7 Å². The molecule has 0 fully saturated rings. The van der Waals surface area contributed by atoms with E-state index >= 15 is 0 Å². The van der Waals surface area contributed by atoms with Gasteiger partial charge in [0, 0.05) is 22.1 Å². The van der Waals surface area contributed by atoms with Crippen LogP contribution < -0.4 is 10.6 Å². The minimum absolute atomic E-state index is 0.0507. The number of carbonyl (C=O) groups excluding carboxylic acids is 1. The summed E-state index contributed by atoms with van der Waals surface area (Å²) >= 11 is 6.47. The maximum absolute atomic E-state index is 12.4. The van der Waals surface area contributed by atoms with Gasteiger partial charge < -0.3 is 10.6 Å². The SMILES string of the molecule is CC(C)NC(=O)C(C#N)=C(NC(C)c1nccs1)c1sccc1Br. The van der Waals surface area contributed by atoms with Gasteiger partial charge >= 0.3 is 0 Å². The van der Waals surface area contributed by atoms with E-state index in [-0.39, 0.29) is 23.6 Å². The van der Waals surface area contributed by atoms with E-state index in [1.165, 1.54) is 22.7 Å². The number of thiazole rings is 1. The second kappa shape index (κ2) is 8.42. The van der Waals surface area contributed by atoms with Gasteiger partial charge in [-0.25, -0.2) is 4.98 Å². The maximum atomic E-state index is 12.4. The molecule has 24 heavy (non-hydrogen) atoms. The molecule has 5 nitrogen and oxygen atoms in total. The molecule has 0 aliphatic rings. The zero-order chi connectivity index (χ0) is 17.7. The average molecular weight is 425 g/mol. The largest absolute Gasteiger partial charge is 0.374 e. The van der Waals surface area contributed by atoms with E-state index in [2.05, 4.69) is 31.5 Å². The van der Waals surface area contributed by atoms with Crippen LogP contribution in [-0.4, -0.2) is 16.9 Å². The van der Waals surface area contributed by atoms with Crippen molar-refractivity contribution in [1.82, 2.24) is 15.6 Å².